The van der Waals surface area contributed by atoms with Crippen molar-refractivity contribution in [2.24, 2.45) is 4.99 Å². The molecule has 35 heavy (non-hydrogen) atoms. The van der Waals surface area contributed by atoms with Gasteiger partial charge in [-0.15, -0.1) is 0 Å². The third-order valence-corrected chi connectivity index (χ3v) is 7.33. The fourth-order valence-electron chi connectivity index (χ4n) is 3.96. The maximum Gasteiger partial charge on any atom is 0.338 e. The predicted octanol–water partition coefficient (Wildman–Crippen LogP) is 3.81. The summed E-state index contributed by atoms with van der Waals surface area (Å²) in [5, 5.41) is 0. The lowest BCUT2D eigenvalue weighted by Crippen LogP contribution is -2.39. The van der Waals surface area contributed by atoms with Crippen LogP contribution in [0.5, 0.6) is 11.5 Å². The molecule has 0 radical (unpaired) electrons. The van der Waals surface area contributed by atoms with Gasteiger partial charge in [-0.2, -0.15) is 0 Å². The normalized spacial score (nSPS) is 15.5. The second-order valence-electron chi connectivity index (χ2n) is 7.87. The first-order valence-corrected chi connectivity index (χ1v) is 12.9. The average molecular weight is 604 g/mol. The van der Waals surface area contributed by atoms with Crippen LogP contribution in [-0.4, -0.2) is 31.4 Å². The summed E-state index contributed by atoms with van der Waals surface area (Å²) < 4.78 is 19.4. The molecule has 1 aliphatic heterocycles. The molecule has 4 rings (SSSR count). The van der Waals surface area contributed by atoms with E-state index in [0.717, 1.165) is 21.1 Å². The number of nitrogens with zero attached hydrogens (tertiary/aromatic N) is 2. The lowest BCUT2D eigenvalue weighted by molar-refractivity contribution is -0.136. The van der Waals surface area contributed by atoms with E-state index in [4.69, 9.17) is 14.2 Å². The Bertz CT molecular complexity index is 1470. The molecule has 1 unspecified atom stereocenters. The van der Waals surface area contributed by atoms with Gasteiger partial charge in [-0.05, 0) is 65.3 Å². The number of halogens is 1. The minimum Gasteiger partial charge on any atom is -0.493 e. The molecule has 0 N–H and O–H groups in total. The molecule has 0 amide bonds. The van der Waals surface area contributed by atoms with Gasteiger partial charge in [0.15, 0.2) is 16.3 Å². The van der Waals surface area contributed by atoms with Crippen molar-refractivity contribution in [3.05, 3.63) is 88.1 Å². The van der Waals surface area contributed by atoms with Crippen LogP contribution in [0.15, 0.2) is 63.5 Å². The molecule has 1 aliphatic rings. The van der Waals surface area contributed by atoms with Gasteiger partial charge in [0.25, 0.3) is 5.56 Å². The Kier molecular flexibility index (Phi) is 7.75. The number of aromatic nitrogens is 1. The molecular weight excluding hydrogens is 579 g/mol. The van der Waals surface area contributed by atoms with Gasteiger partial charge in [-0.3, -0.25) is 9.36 Å². The van der Waals surface area contributed by atoms with Gasteiger partial charge in [-0.1, -0.05) is 48.6 Å². The van der Waals surface area contributed by atoms with Crippen molar-refractivity contribution < 1.29 is 19.0 Å². The van der Waals surface area contributed by atoms with Crippen molar-refractivity contribution in [1.82, 2.24) is 4.57 Å². The van der Waals surface area contributed by atoms with Crippen LogP contribution in [0.2, 0.25) is 0 Å². The number of hydrogen-bond donors (Lipinski definition) is 0. The number of rotatable bonds is 7. The standard InChI is InChI=1S/C26H25IN2O5S/c1-5-11-34-23-18(27)12-16(13-19(23)32-3)14-20-24(30)29-22(17-9-7-6-8-10-17)21(25(31)33-4)15(2)28-26(29)35-20/h6-10,12-14,22H,5,11H2,1-4H3. The van der Waals surface area contributed by atoms with Crippen molar-refractivity contribution >= 4 is 46.0 Å². The number of thiazole rings is 1. The maximum atomic E-state index is 13.7. The molecular formula is C26H25IN2O5S. The molecule has 0 fully saturated rings. The van der Waals surface area contributed by atoms with Crippen LogP contribution >= 0.6 is 33.9 Å². The number of carbonyl (C=O) groups excluding carboxylic acids is 1. The topological polar surface area (TPSA) is 79.1 Å². The van der Waals surface area contributed by atoms with Crippen molar-refractivity contribution in [3.63, 3.8) is 0 Å². The molecule has 3 aromatic rings. The number of esters is 1. The Morgan fingerprint density at radius 1 is 1.23 bits per heavy atom. The number of carbonyl (C=O) groups is 1. The Hall–Kier alpha value is -2.92. The molecule has 7 nitrogen and oxygen atoms in total. The first-order valence-electron chi connectivity index (χ1n) is 11.1. The fourth-order valence-corrected chi connectivity index (χ4v) is 5.79. The number of ether oxygens (including phenoxy) is 3. The summed E-state index contributed by atoms with van der Waals surface area (Å²) in [6, 6.07) is 12.6. The second-order valence-corrected chi connectivity index (χ2v) is 10.0. The third kappa shape index (κ3) is 4.92. The zero-order chi connectivity index (χ0) is 25.1. The van der Waals surface area contributed by atoms with E-state index in [1.54, 1.807) is 18.6 Å². The van der Waals surface area contributed by atoms with Crippen LogP contribution in [0.3, 0.4) is 0 Å². The minimum absolute atomic E-state index is 0.225. The van der Waals surface area contributed by atoms with Gasteiger partial charge >= 0.3 is 5.97 Å². The minimum atomic E-state index is -0.624. The van der Waals surface area contributed by atoms with Crippen LogP contribution in [0.4, 0.5) is 0 Å². The quantitative estimate of drug-likeness (QED) is 0.303. The SMILES string of the molecule is CCCOc1c(I)cc(C=c2sc3n(c2=O)C(c2ccccc2)C(C(=O)OC)=C(C)N=3)cc1OC. The highest BCUT2D eigenvalue weighted by Crippen LogP contribution is 2.34. The second kappa shape index (κ2) is 10.8. The lowest BCUT2D eigenvalue weighted by atomic mass is 9.96. The number of fused-ring (bicyclic) bond motifs is 1. The van der Waals surface area contributed by atoms with Gasteiger partial charge in [0.1, 0.15) is 0 Å². The van der Waals surface area contributed by atoms with Gasteiger partial charge in [0, 0.05) is 0 Å². The zero-order valence-electron chi connectivity index (χ0n) is 19.8. The summed E-state index contributed by atoms with van der Waals surface area (Å²) in [4.78, 5) is 31.5. The third-order valence-electron chi connectivity index (χ3n) is 5.54. The van der Waals surface area contributed by atoms with Crippen molar-refractivity contribution in [2.45, 2.75) is 26.3 Å². The Morgan fingerprint density at radius 3 is 2.63 bits per heavy atom. The number of methoxy groups -OCH3 is 2. The first-order chi connectivity index (χ1) is 16.9. The molecule has 0 saturated heterocycles. The molecule has 0 bridgehead atoms. The molecule has 0 aliphatic carbocycles. The highest BCUT2D eigenvalue weighted by molar-refractivity contribution is 14.1. The monoisotopic (exact) mass is 604 g/mol. The molecule has 9 heteroatoms. The van der Waals surface area contributed by atoms with Crippen molar-refractivity contribution in [2.75, 3.05) is 20.8 Å². The van der Waals surface area contributed by atoms with Crippen LogP contribution in [-0.2, 0) is 9.53 Å². The fraction of sp³-hybridized carbons (Fsp3) is 0.269. The van der Waals surface area contributed by atoms with E-state index in [1.807, 2.05) is 55.5 Å². The van der Waals surface area contributed by atoms with Gasteiger partial charge < -0.3 is 14.2 Å². The largest absolute Gasteiger partial charge is 0.493 e. The lowest BCUT2D eigenvalue weighted by Gasteiger charge is -2.24. The Labute approximate surface area is 220 Å². The van der Waals surface area contributed by atoms with Gasteiger partial charge in [0.05, 0.1) is 46.2 Å². The van der Waals surface area contributed by atoms with Crippen LogP contribution in [0, 0.1) is 3.57 Å². The Morgan fingerprint density at radius 2 is 1.97 bits per heavy atom. The molecule has 0 saturated carbocycles. The average Bonchev–Trinajstić information content (AvgIpc) is 3.16. The summed E-state index contributed by atoms with van der Waals surface area (Å²) in [6.07, 6.45) is 2.70. The highest BCUT2D eigenvalue weighted by Gasteiger charge is 2.32. The van der Waals surface area contributed by atoms with E-state index in [2.05, 4.69) is 27.6 Å². The van der Waals surface area contributed by atoms with Gasteiger partial charge in [-0.25, -0.2) is 9.79 Å². The maximum absolute atomic E-state index is 13.7. The van der Waals surface area contributed by atoms with E-state index in [-0.39, 0.29) is 5.56 Å². The molecule has 0 spiro atoms. The van der Waals surface area contributed by atoms with E-state index in [1.165, 1.54) is 18.4 Å². The van der Waals surface area contributed by atoms with Crippen LogP contribution in [0.25, 0.3) is 6.08 Å². The molecule has 2 heterocycles. The van der Waals surface area contributed by atoms with E-state index in [0.29, 0.717) is 38.7 Å². The van der Waals surface area contributed by atoms with E-state index >= 15 is 0 Å². The first kappa shape index (κ1) is 25.2. The number of allylic oxidation sites excluding steroid dienone is 1. The van der Waals surface area contributed by atoms with Crippen LogP contribution in [0.1, 0.15) is 37.4 Å². The summed E-state index contributed by atoms with van der Waals surface area (Å²) >= 11 is 3.49. The number of hydrogen-bond acceptors (Lipinski definition) is 7. The van der Waals surface area contributed by atoms with Crippen LogP contribution < -0.4 is 24.4 Å². The predicted molar refractivity (Wildman–Crippen MR) is 144 cm³/mol. The summed E-state index contributed by atoms with van der Waals surface area (Å²) in [5.74, 6) is 0.794. The summed E-state index contributed by atoms with van der Waals surface area (Å²) in [6.45, 7) is 4.40. The zero-order valence-corrected chi connectivity index (χ0v) is 22.8. The molecule has 2 aromatic carbocycles. The van der Waals surface area contributed by atoms with Gasteiger partial charge in [0.2, 0.25) is 0 Å². The highest BCUT2D eigenvalue weighted by atomic mass is 127. The molecule has 1 aromatic heterocycles. The van der Waals surface area contributed by atoms with Crippen molar-refractivity contribution in [1.29, 1.82) is 0 Å². The molecule has 182 valence electrons. The Balaban J connectivity index is 1.89. The van der Waals surface area contributed by atoms with E-state index < -0.39 is 12.0 Å². The smallest absolute Gasteiger partial charge is 0.338 e. The van der Waals surface area contributed by atoms with E-state index in [9.17, 15) is 9.59 Å². The number of benzene rings is 2. The molecule has 1 atom stereocenters. The van der Waals surface area contributed by atoms with Crippen molar-refractivity contribution in [3.8, 4) is 11.5 Å². The summed E-state index contributed by atoms with van der Waals surface area (Å²) in [7, 11) is 2.93. The summed E-state index contributed by atoms with van der Waals surface area (Å²) in [5.41, 5.74) is 2.28.